The van der Waals surface area contributed by atoms with E-state index in [-0.39, 0.29) is 30.4 Å². The van der Waals surface area contributed by atoms with E-state index in [4.69, 9.17) is 4.74 Å². The molecule has 1 aromatic carbocycles. The molecule has 0 radical (unpaired) electrons. The van der Waals surface area contributed by atoms with Crippen molar-refractivity contribution in [3.8, 4) is 0 Å². The van der Waals surface area contributed by atoms with Gasteiger partial charge in [0.1, 0.15) is 12.1 Å². The molecule has 1 saturated carbocycles. The first-order valence-corrected chi connectivity index (χ1v) is 10.0. The molecule has 2 aliphatic heterocycles. The van der Waals surface area contributed by atoms with Crippen molar-refractivity contribution in [2.75, 3.05) is 18.5 Å². The van der Waals surface area contributed by atoms with Gasteiger partial charge in [-0.25, -0.2) is 8.42 Å². The van der Waals surface area contributed by atoms with Gasteiger partial charge in [0.15, 0.2) is 0 Å². The van der Waals surface area contributed by atoms with Crippen LogP contribution >= 0.6 is 0 Å². The van der Waals surface area contributed by atoms with Crippen LogP contribution in [0.25, 0.3) is 0 Å². The first-order valence-electron chi connectivity index (χ1n) is 8.56. The molecule has 1 saturated heterocycles. The molecule has 0 aromatic heterocycles. The van der Waals surface area contributed by atoms with E-state index in [9.17, 15) is 18.0 Å². The average Bonchev–Trinajstić information content (AvgIpc) is 2.97. The molecule has 0 atom stereocenters. The second-order valence-corrected chi connectivity index (χ2v) is 8.71. The lowest BCUT2D eigenvalue weighted by atomic mass is 9.81. The van der Waals surface area contributed by atoms with Crippen molar-refractivity contribution in [1.82, 2.24) is 4.31 Å². The first kappa shape index (κ1) is 16.5. The lowest BCUT2D eigenvalue weighted by molar-refractivity contribution is -0.165. The lowest BCUT2D eigenvalue weighted by Gasteiger charge is -2.45. The molecule has 2 fully saturated rings. The van der Waals surface area contributed by atoms with E-state index in [1.165, 1.54) is 10.4 Å². The molecule has 1 amide bonds. The van der Waals surface area contributed by atoms with Gasteiger partial charge in [-0.2, -0.15) is 4.31 Å². The van der Waals surface area contributed by atoms with Gasteiger partial charge < -0.3 is 10.1 Å². The molecule has 8 heteroatoms. The second kappa shape index (κ2) is 5.81. The maximum Gasteiger partial charge on any atom is 0.327 e. The molecular formula is C17H20N2O5S. The number of hydrogen-bond acceptors (Lipinski definition) is 5. The van der Waals surface area contributed by atoms with Crippen LogP contribution in [0.4, 0.5) is 5.69 Å². The summed E-state index contributed by atoms with van der Waals surface area (Å²) in [5.41, 5.74) is 0.236. The van der Waals surface area contributed by atoms with Crippen molar-refractivity contribution < 1.29 is 22.7 Å². The summed E-state index contributed by atoms with van der Waals surface area (Å²) in [6, 6.07) is 4.65. The number of carbonyl (C=O) groups is 2. The molecular weight excluding hydrogens is 344 g/mol. The number of amides is 1. The van der Waals surface area contributed by atoms with Gasteiger partial charge in [-0.1, -0.05) is 19.3 Å². The molecule has 0 bridgehead atoms. The minimum absolute atomic E-state index is 0.0742. The summed E-state index contributed by atoms with van der Waals surface area (Å²) in [6.07, 6.45) is 3.78. The zero-order chi connectivity index (χ0) is 17.7. The molecule has 1 aliphatic carbocycles. The number of carbonyl (C=O) groups excluding carboxylic acids is 2. The highest BCUT2D eigenvalue weighted by molar-refractivity contribution is 7.89. The van der Waals surface area contributed by atoms with Crippen LogP contribution < -0.4 is 5.32 Å². The van der Waals surface area contributed by atoms with E-state index in [2.05, 4.69) is 5.32 Å². The van der Waals surface area contributed by atoms with Gasteiger partial charge in [-0.3, -0.25) is 9.59 Å². The Morgan fingerprint density at radius 1 is 1.12 bits per heavy atom. The van der Waals surface area contributed by atoms with Crippen LogP contribution in [-0.4, -0.2) is 43.3 Å². The third-order valence-corrected chi connectivity index (χ3v) is 7.32. The van der Waals surface area contributed by atoms with E-state index in [1.54, 1.807) is 12.1 Å². The van der Waals surface area contributed by atoms with Crippen molar-refractivity contribution in [3.63, 3.8) is 0 Å². The topological polar surface area (TPSA) is 92.8 Å². The normalized spacial score (nSPS) is 23.2. The number of sulfonamides is 1. The van der Waals surface area contributed by atoms with Crippen LogP contribution in [0.1, 0.15) is 37.7 Å². The fourth-order valence-corrected chi connectivity index (χ4v) is 5.92. The number of nitrogens with zero attached hydrogens (tertiary/aromatic N) is 1. The van der Waals surface area contributed by atoms with Crippen molar-refractivity contribution >= 4 is 27.6 Å². The Morgan fingerprint density at radius 2 is 1.88 bits per heavy atom. The fraction of sp³-hybridized carbons (Fsp3) is 0.529. The van der Waals surface area contributed by atoms with Crippen molar-refractivity contribution in [3.05, 3.63) is 23.8 Å². The zero-order valence-electron chi connectivity index (χ0n) is 13.8. The van der Waals surface area contributed by atoms with E-state index in [0.29, 0.717) is 24.1 Å². The lowest BCUT2D eigenvalue weighted by Crippen LogP contribution is -2.62. The Kier molecular flexibility index (Phi) is 3.84. The average molecular weight is 364 g/mol. The van der Waals surface area contributed by atoms with E-state index < -0.39 is 21.5 Å². The third kappa shape index (κ3) is 2.55. The van der Waals surface area contributed by atoms with E-state index in [1.807, 2.05) is 0 Å². The molecule has 4 rings (SSSR count). The Morgan fingerprint density at radius 3 is 2.64 bits per heavy atom. The van der Waals surface area contributed by atoms with Crippen LogP contribution in [0.5, 0.6) is 0 Å². The van der Waals surface area contributed by atoms with Crippen LogP contribution in [0.15, 0.2) is 23.1 Å². The summed E-state index contributed by atoms with van der Waals surface area (Å²) in [5, 5.41) is 2.70. The van der Waals surface area contributed by atoms with Crippen LogP contribution in [0.2, 0.25) is 0 Å². The summed E-state index contributed by atoms with van der Waals surface area (Å²) in [4.78, 5) is 24.1. The molecule has 25 heavy (non-hydrogen) atoms. The minimum Gasteiger partial charge on any atom is -0.463 e. The highest BCUT2D eigenvalue weighted by Gasteiger charge is 2.53. The summed E-state index contributed by atoms with van der Waals surface area (Å²) in [5.74, 6) is -0.574. The van der Waals surface area contributed by atoms with Crippen molar-refractivity contribution in [2.24, 2.45) is 0 Å². The van der Waals surface area contributed by atoms with Crippen LogP contribution in [-0.2, 0) is 30.8 Å². The molecule has 1 aromatic rings. The Labute approximate surface area is 146 Å². The maximum atomic E-state index is 13.3. The van der Waals surface area contributed by atoms with Crippen LogP contribution in [0, 0.1) is 0 Å². The second-order valence-electron chi connectivity index (χ2n) is 6.85. The van der Waals surface area contributed by atoms with Gasteiger partial charge in [0.2, 0.25) is 15.9 Å². The van der Waals surface area contributed by atoms with Gasteiger partial charge >= 0.3 is 5.97 Å². The number of ether oxygens (including phenoxy) is 1. The highest BCUT2D eigenvalue weighted by atomic mass is 32.2. The van der Waals surface area contributed by atoms with E-state index >= 15 is 0 Å². The van der Waals surface area contributed by atoms with Gasteiger partial charge in [-0.15, -0.1) is 0 Å². The molecule has 0 unspecified atom stereocenters. The van der Waals surface area contributed by atoms with Crippen LogP contribution in [0.3, 0.4) is 0 Å². The number of hydrogen-bond donors (Lipinski definition) is 1. The smallest absolute Gasteiger partial charge is 0.327 e. The number of rotatable bonds is 2. The highest BCUT2D eigenvalue weighted by Crippen LogP contribution is 2.40. The van der Waals surface area contributed by atoms with Gasteiger partial charge in [0.25, 0.3) is 0 Å². The zero-order valence-corrected chi connectivity index (χ0v) is 14.6. The third-order valence-electron chi connectivity index (χ3n) is 5.36. The summed E-state index contributed by atoms with van der Waals surface area (Å²) in [7, 11) is -3.85. The standard InChI is InChI=1S/C17H20N2O5S/c20-15-11-12-10-13(4-5-14(12)18-15)25(22,23)19-8-9-24-16(21)17(19)6-2-1-3-7-17/h4-5,10H,1-3,6-9,11H2,(H,18,20). The Bertz CT molecular complexity index is 843. The molecule has 7 nitrogen and oxygen atoms in total. The largest absolute Gasteiger partial charge is 0.463 e. The van der Waals surface area contributed by atoms with Gasteiger partial charge in [-0.05, 0) is 36.6 Å². The SMILES string of the molecule is O=C1Cc2cc(S(=O)(=O)N3CCOC(=O)C34CCCCC4)ccc2N1. The predicted molar refractivity (Wildman–Crippen MR) is 89.4 cm³/mol. The number of nitrogens with one attached hydrogen (secondary N) is 1. The van der Waals surface area contributed by atoms with Gasteiger partial charge in [0.05, 0.1) is 11.3 Å². The summed E-state index contributed by atoms with van der Waals surface area (Å²) >= 11 is 0. The number of fused-ring (bicyclic) bond motifs is 1. The number of benzene rings is 1. The number of cyclic esters (lactones) is 1. The number of anilines is 1. The molecule has 1 spiro atoms. The minimum atomic E-state index is -3.85. The maximum absolute atomic E-state index is 13.3. The van der Waals surface area contributed by atoms with Gasteiger partial charge in [0, 0.05) is 12.2 Å². The first-order chi connectivity index (χ1) is 11.9. The number of esters is 1. The summed E-state index contributed by atoms with van der Waals surface area (Å²) < 4.78 is 33.2. The molecule has 3 aliphatic rings. The Balaban J connectivity index is 1.75. The summed E-state index contributed by atoms with van der Waals surface area (Å²) in [6.45, 7) is 0.243. The molecule has 1 N–H and O–H groups in total. The monoisotopic (exact) mass is 364 g/mol. The Hall–Kier alpha value is -1.93. The predicted octanol–water partition coefficient (Wildman–Crippen LogP) is 1.43. The fourth-order valence-electron chi connectivity index (χ4n) is 4.11. The number of morpholine rings is 1. The molecule has 2 heterocycles. The quantitative estimate of drug-likeness (QED) is 0.802. The molecule has 134 valence electrons. The van der Waals surface area contributed by atoms with Crippen molar-refractivity contribution in [1.29, 1.82) is 0 Å². The van der Waals surface area contributed by atoms with E-state index in [0.717, 1.165) is 19.3 Å². The van der Waals surface area contributed by atoms with Crippen molar-refractivity contribution in [2.45, 2.75) is 49.0 Å².